The summed E-state index contributed by atoms with van der Waals surface area (Å²) in [5, 5.41) is -1.63. The molecular weight excluding hydrogens is 162 g/mol. The molecule has 0 aromatic heterocycles. The predicted molar refractivity (Wildman–Crippen MR) is 47.4 cm³/mol. The van der Waals surface area contributed by atoms with Crippen molar-refractivity contribution in [3.63, 3.8) is 0 Å². The third-order valence-electron chi connectivity index (χ3n) is 1.88. The zero-order chi connectivity index (χ0) is 9.50. The Hall–Kier alpha value is 0.0769. The lowest BCUT2D eigenvalue weighted by Gasteiger charge is -2.37. The smallest absolute Gasteiger partial charge is 0.269 e. The van der Waals surface area contributed by atoms with Gasteiger partial charge in [0.05, 0.1) is 0 Å². The number of hydrogen-bond acceptors (Lipinski definition) is 0. The van der Waals surface area contributed by atoms with E-state index in [0.29, 0.717) is 0 Å². The Bertz CT molecular complexity index is 123. The lowest BCUT2D eigenvalue weighted by molar-refractivity contribution is 0.423. The van der Waals surface area contributed by atoms with Gasteiger partial charge in [0.15, 0.2) is 0 Å². The van der Waals surface area contributed by atoms with Crippen molar-refractivity contribution in [2.24, 2.45) is 0 Å². The molecule has 0 fully saturated rings. The lowest BCUT2D eigenvalue weighted by atomic mass is 10.2. The van der Waals surface area contributed by atoms with Crippen LogP contribution in [0.4, 0.5) is 8.22 Å². The molecule has 11 heavy (non-hydrogen) atoms. The molecule has 0 saturated heterocycles. The molecule has 0 spiro atoms. The maximum Gasteiger partial charge on any atom is 0.435 e. The Balaban J connectivity index is 4.75. The van der Waals surface area contributed by atoms with Crippen LogP contribution in [0.3, 0.4) is 0 Å². The van der Waals surface area contributed by atoms with Gasteiger partial charge in [0.2, 0.25) is 0 Å². The fourth-order valence-corrected chi connectivity index (χ4v) is 3.38. The van der Waals surface area contributed by atoms with E-state index < -0.39 is 18.8 Å². The molecule has 0 atom stereocenters. The van der Waals surface area contributed by atoms with Gasteiger partial charge in [-0.1, -0.05) is 41.5 Å². The molecule has 0 aliphatic carbocycles. The molecule has 0 aliphatic heterocycles. The fourth-order valence-electron chi connectivity index (χ4n) is 1.12. The van der Waals surface area contributed by atoms with Crippen LogP contribution in [-0.4, -0.2) is 8.74 Å². The van der Waals surface area contributed by atoms with Crippen LogP contribution in [0.15, 0.2) is 0 Å². The minimum atomic E-state index is -4.11. The van der Waals surface area contributed by atoms with Crippen molar-refractivity contribution in [1.29, 1.82) is 0 Å². The van der Waals surface area contributed by atoms with E-state index in [1.165, 1.54) is 0 Å². The summed E-state index contributed by atoms with van der Waals surface area (Å²) in [6.45, 7) is 9.78. The first-order chi connectivity index (χ1) is 4.50. The average molecular weight is 180 g/mol. The standard InChI is InChI=1S/C8H18F2Si/c1-7(2,3)11(9,10)8(4,5)6/h1-6H3. The van der Waals surface area contributed by atoms with Gasteiger partial charge in [0.1, 0.15) is 0 Å². The zero-order valence-corrected chi connectivity index (χ0v) is 9.26. The van der Waals surface area contributed by atoms with Crippen molar-refractivity contribution in [3.05, 3.63) is 0 Å². The van der Waals surface area contributed by atoms with E-state index in [4.69, 9.17) is 0 Å². The number of hydrogen-bond donors (Lipinski definition) is 0. The maximum absolute atomic E-state index is 13.6. The van der Waals surface area contributed by atoms with Crippen molar-refractivity contribution in [3.8, 4) is 0 Å². The molecule has 0 aromatic rings. The van der Waals surface area contributed by atoms with Crippen LogP contribution in [-0.2, 0) is 0 Å². The molecule has 0 bridgehead atoms. The molecular formula is C8H18F2Si. The van der Waals surface area contributed by atoms with Crippen molar-refractivity contribution in [1.82, 2.24) is 0 Å². The number of halogens is 2. The molecule has 68 valence electrons. The Morgan fingerprint density at radius 1 is 0.727 bits per heavy atom. The van der Waals surface area contributed by atoms with Crippen LogP contribution in [0.5, 0.6) is 0 Å². The van der Waals surface area contributed by atoms with E-state index in [2.05, 4.69) is 0 Å². The Kier molecular flexibility index (Phi) is 2.56. The van der Waals surface area contributed by atoms with Crippen molar-refractivity contribution in [2.75, 3.05) is 0 Å². The van der Waals surface area contributed by atoms with Gasteiger partial charge in [0, 0.05) is 10.1 Å². The summed E-state index contributed by atoms with van der Waals surface area (Å²) >= 11 is 0. The molecule has 0 radical (unpaired) electrons. The normalized spacial score (nSPS) is 15.3. The van der Waals surface area contributed by atoms with Gasteiger partial charge in [-0.05, 0) is 0 Å². The minimum Gasteiger partial charge on any atom is -0.269 e. The second-order valence-corrected chi connectivity index (χ2v) is 9.22. The van der Waals surface area contributed by atoms with Gasteiger partial charge >= 0.3 is 8.74 Å². The zero-order valence-electron chi connectivity index (χ0n) is 8.26. The average Bonchev–Trinajstić information content (AvgIpc) is 1.58. The largest absolute Gasteiger partial charge is 0.435 e. The minimum absolute atomic E-state index is 0.814. The van der Waals surface area contributed by atoms with Crippen LogP contribution >= 0.6 is 0 Å². The molecule has 0 unspecified atom stereocenters. The maximum atomic E-state index is 13.6. The van der Waals surface area contributed by atoms with Gasteiger partial charge in [-0.15, -0.1) is 0 Å². The Labute approximate surface area is 69.4 Å². The molecule has 0 aliphatic rings. The first-order valence-electron chi connectivity index (χ1n) is 3.88. The lowest BCUT2D eigenvalue weighted by Crippen LogP contribution is -2.43. The van der Waals surface area contributed by atoms with Gasteiger partial charge in [-0.3, -0.25) is 8.22 Å². The molecule has 0 N–H and O–H groups in total. The summed E-state index contributed by atoms with van der Waals surface area (Å²) in [6.07, 6.45) is 0. The van der Waals surface area contributed by atoms with Gasteiger partial charge in [0.25, 0.3) is 0 Å². The number of rotatable bonds is 0. The Morgan fingerprint density at radius 3 is 0.909 bits per heavy atom. The van der Waals surface area contributed by atoms with E-state index in [9.17, 15) is 8.22 Å². The fraction of sp³-hybridized carbons (Fsp3) is 1.00. The van der Waals surface area contributed by atoms with E-state index in [1.54, 1.807) is 41.5 Å². The summed E-state index contributed by atoms with van der Waals surface area (Å²) in [7, 11) is -4.11. The van der Waals surface area contributed by atoms with Crippen molar-refractivity contribution in [2.45, 2.75) is 51.6 Å². The summed E-state index contributed by atoms with van der Waals surface area (Å²) in [5.74, 6) is 0. The third kappa shape index (κ3) is 2.01. The molecule has 0 nitrogen and oxygen atoms in total. The highest BCUT2D eigenvalue weighted by molar-refractivity contribution is 6.72. The van der Waals surface area contributed by atoms with Crippen LogP contribution in [0.2, 0.25) is 10.1 Å². The molecule has 0 heterocycles. The van der Waals surface area contributed by atoms with Gasteiger partial charge in [-0.25, -0.2) is 0 Å². The van der Waals surface area contributed by atoms with E-state index in [1.807, 2.05) is 0 Å². The second-order valence-electron chi connectivity index (χ2n) is 5.07. The summed E-state index contributed by atoms with van der Waals surface area (Å²) < 4.78 is 27.2. The highest BCUT2D eigenvalue weighted by Crippen LogP contribution is 2.52. The third-order valence-corrected chi connectivity index (χ3v) is 5.65. The summed E-state index contributed by atoms with van der Waals surface area (Å²) in [4.78, 5) is 0. The van der Waals surface area contributed by atoms with Crippen LogP contribution in [0, 0.1) is 0 Å². The monoisotopic (exact) mass is 180 g/mol. The molecule has 0 aromatic carbocycles. The highest BCUT2D eigenvalue weighted by Gasteiger charge is 2.57. The summed E-state index contributed by atoms with van der Waals surface area (Å²) in [5.41, 5.74) is 0. The van der Waals surface area contributed by atoms with Crippen LogP contribution in [0.25, 0.3) is 0 Å². The molecule has 0 saturated carbocycles. The quantitative estimate of drug-likeness (QED) is 0.391. The van der Waals surface area contributed by atoms with E-state index in [-0.39, 0.29) is 0 Å². The summed E-state index contributed by atoms with van der Waals surface area (Å²) in [6, 6.07) is 0. The van der Waals surface area contributed by atoms with Crippen molar-refractivity contribution < 1.29 is 8.22 Å². The van der Waals surface area contributed by atoms with Gasteiger partial charge < -0.3 is 0 Å². The van der Waals surface area contributed by atoms with Crippen LogP contribution in [0.1, 0.15) is 41.5 Å². The van der Waals surface area contributed by atoms with Gasteiger partial charge in [-0.2, -0.15) is 0 Å². The Morgan fingerprint density at radius 2 is 0.909 bits per heavy atom. The highest BCUT2D eigenvalue weighted by atomic mass is 28.4. The second kappa shape index (κ2) is 2.54. The first kappa shape index (κ1) is 11.1. The van der Waals surface area contributed by atoms with Crippen LogP contribution < -0.4 is 0 Å². The molecule has 3 heteroatoms. The van der Waals surface area contributed by atoms with E-state index >= 15 is 0 Å². The predicted octanol–water partition coefficient (Wildman–Crippen LogP) is 3.97. The molecule has 0 rings (SSSR count). The van der Waals surface area contributed by atoms with E-state index in [0.717, 1.165) is 0 Å². The van der Waals surface area contributed by atoms with Crippen molar-refractivity contribution >= 4 is 8.74 Å². The molecule has 0 amide bonds. The SMILES string of the molecule is CC(C)(C)[Si](F)(F)C(C)(C)C. The first-order valence-corrected chi connectivity index (χ1v) is 5.63. The topological polar surface area (TPSA) is 0 Å².